The fraction of sp³-hybridized carbons (Fsp3) is 0.111. The number of amides is 1. The van der Waals surface area contributed by atoms with Crippen LogP contribution in [0.3, 0.4) is 0 Å². The van der Waals surface area contributed by atoms with Gasteiger partial charge in [0.2, 0.25) is 5.91 Å². The Morgan fingerprint density at radius 1 is 0.906 bits per heavy atom. The summed E-state index contributed by atoms with van der Waals surface area (Å²) in [6.45, 7) is 2.07. The lowest BCUT2D eigenvalue weighted by Crippen LogP contribution is -2.10. The maximum Gasteiger partial charge on any atom is 0.328 e. The van der Waals surface area contributed by atoms with Crippen molar-refractivity contribution in [1.29, 1.82) is 0 Å². The van der Waals surface area contributed by atoms with Gasteiger partial charge in [0.1, 0.15) is 5.75 Å². The van der Waals surface area contributed by atoms with Crippen molar-refractivity contribution in [3.05, 3.63) is 107 Å². The molecule has 3 aromatic rings. The third kappa shape index (κ3) is 6.19. The van der Waals surface area contributed by atoms with Gasteiger partial charge in [0.05, 0.1) is 7.11 Å². The summed E-state index contributed by atoms with van der Waals surface area (Å²) >= 11 is 0. The second-order valence-corrected chi connectivity index (χ2v) is 7.25. The minimum atomic E-state index is -1.05. The van der Waals surface area contributed by atoms with Crippen molar-refractivity contribution in [3.8, 4) is 5.75 Å². The molecule has 32 heavy (non-hydrogen) atoms. The van der Waals surface area contributed by atoms with Crippen molar-refractivity contribution < 1.29 is 19.4 Å². The van der Waals surface area contributed by atoms with E-state index in [0.29, 0.717) is 11.3 Å². The summed E-state index contributed by atoms with van der Waals surface area (Å²) in [6.07, 6.45) is 5.71. The van der Waals surface area contributed by atoms with Crippen LogP contribution in [0, 0.1) is 0 Å². The van der Waals surface area contributed by atoms with Crippen LogP contribution in [0.5, 0.6) is 5.75 Å². The molecular weight excluding hydrogens is 402 g/mol. The number of nitrogens with one attached hydrogen (secondary N) is 1. The Morgan fingerprint density at radius 2 is 1.59 bits per heavy atom. The first kappa shape index (κ1) is 22.6. The van der Waals surface area contributed by atoms with E-state index in [0.717, 1.165) is 28.5 Å². The average molecular weight is 428 g/mol. The zero-order chi connectivity index (χ0) is 22.9. The highest BCUT2D eigenvalue weighted by atomic mass is 16.5. The van der Waals surface area contributed by atoms with Crippen LogP contribution in [0.4, 0.5) is 5.69 Å². The standard InChI is InChI=1S/C27H25NO4/c1-19(21-11-14-24(32-2)15-12-21)23-10-9-22(13-17-27(30)31)25(18-23)28-26(29)16-8-20-6-4-3-5-7-20/h3-19H,1-2H3,(H,28,29)(H,30,31). The number of carbonyl (C=O) groups excluding carboxylic acids is 1. The molecule has 0 saturated carbocycles. The number of carbonyl (C=O) groups is 2. The summed E-state index contributed by atoms with van der Waals surface area (Å²) in [5.41, 5.74) is 4.16. The Morgan fingerprint density at radius 3 is 2.25 bits per heavy atom. The van der Waals surface area contributed by atoms with Crippen molar-refractivity contribution in [3.63, 3.8) is 0 Å². The smallest absolute Gasteiger partial charge is 0.328 e. The van der Waals surface area contributed by atoms with Crippen LogP contribution in [0.25, 0.3) is 12.2 Å². The molecule has 1 amide bonds. The first-order valence-corrected chi connectivity index (χ1v) is 10.2. The molecule has 0 bridgehead atoms. The predicted molar refractivity (Wildman–Crippen MR) is 128 cm³/mol. The monoisotopic (exact) mass is 427 g/mol. The first-order valence-electron chi connectivity index (χ1n) is 10.2. The Balaban J connectivity index is 1.87. The van der Waals surface area contributed by atoms with Crippen LogP contribution in [-0.4, -0.2) is 24.1 Å². The SMILES string of the molecule is COc1ccc(C(C)c2ccc(C=CC(=O)O)c(NC(=O)C=Cc3ccccc3)c2)cc1. The Bertz CT molecular complexity index is 1130. The summed E-state index contributed by atoms with van der Waals surface area (Å²) in [6, 6.07) is 23.0. The number of methoxy groups -OCH3 is 1. The summed E-state index contributed by atoms with van der Waals surface area (Å²) in [4.78, 5) is 23.5. The number of ether oxygens (including phenoxy) is 1. The van der Waals surface area contributed by atoms with Gasteiger partial charge in [0.15, 0.2) is 0 Å². The fourth-order valence-electron chi connectivity index (χ4n) is 3.25. The van der Waals surface area contributed by atoms with Gasteiger partial charge in [-0.3, -0.25) is 4.79 Å². The van der Waals surface area contributed by atoms with Gasteiger partial charge in [0.25, 0.3) is 0 Å². The number of carboxylic acid groups (broad SMARTS) is 1. The van der Waals surface area contributed by atoms with Crippen molar-refractivity contribution >= 4 is 29.7 Å². The molecule has 0 saturated heterocycles. The molecule has 5 nitrogen and oxygen atoms in total. The van der Waals surface area contributed by atoms with Gasteiger partial charge in [-0.25, -0.2) is 4.79 Å². The van der Waals surface area contributed by atoms with Crippen LogP contribution in [-0.2, 0) is 9.59 Å². The maximum absolute atomic E-state index is 12.5. The Labute approximate surface area is 187 Å². The third-order valence-electron chi connectivity index (χ3n) is 5.08. The van der Waals surface area contributed by atoms with Crippen LogP contribution >= 0.6 is 0 Å². The minimum absolute atomic E-state index is 0.0638. The van der Waals surface area contributed by atoms with E-state index < -0.39 is 5.97 Å². The van der Waals surface area contributed by atoms with Crippen LogP contribution in [0.2, 0.25) is 0 Å². The van der Waals surface area contributed by atoms with E-state index in [-0.39, 0.29) is 11.8 Å². The fourth-order valence-corrected chi connectivity index (χ4v) is 3.25. The van der Waals surface area contributed by atoms with Crippen molar-refractivity contribution in [1.82, 2.24) is 0 Å². The highest BCUT2D eigenvalue weighted by Crippen LogP contribution is 2.30. The van der Waals surface area contributed by atoms with Gasteiger partial charge >= 0.3 is 5.97 Å². The van der Waals surface area contributed by atoms with Crippen molar-refractivity contribution in [2.24, 2.45) is 0 Å². The third-order valence-corrected chi connectivity index (χ3v) is 5.08. The normalized spacial score (nSPS) is 12.1. The Kier molecular flexibility index (Phi) is 7.60. The highest BCUT2D eigenvalue weighted by Gasteiger charge is 2.12. The molecule has 162 valence electrons. The van der Waals surface area contributed by atoms with Gasteiger partial charge in [-0.2, -0.15) is 0 Å². The summed E-state index contributed by atoms with van der Waals surface area (Å²) in [5.74, 6) is -0.503. The van der Waals surface area contributed by atoms with E-state index in [1.54, 1.807) is 13.2 Å². The molecule has 0 aliphatic heterocycles. The highest BCUT2D eigenvalue weighted by molar-refractivity contribution is 6.03. The number of hydrogen-bond acceptors (Lipinski definition) is 3. The van der Waals surface area contributed by atoms with Gasteiger partial charge in [-0.15, -0.1) is 0 Å². The topological polar surface area (TPSA) is 75.6 Å². The lowest BCUT2D eigenvalue weighted by molar-refractivity contribution is -0.131. The van der Waals surface area contributed by atoms with Crippen LogP contribution < -0.4 is 10.1 Å². The number of carboxylic acids is 1. The van der Waals surface area contributed by atoms with E-state index in [2.05, 4.69) is 12.2 Å². The number of benzene rings is 3. The first-order chi connectivity index (χ1) is 15.5. The van der Waals surface area contributed by atoms with Gasteiger partial charge < -0.3 is 15.2 Å². The molecule has 2 N–H and O–H groups in total. The van der Waals surface area contributed by atoms with E-state index in [4.69, 9.17) is 9.84 Å². The lowest BCUT2D eigenvalue weighted by Gasteiger charge is -2.16. The molecule has 3 aromatic carbocycles. The van der Waals surface area contributed by atoms with E-state index >= 15 is 0 Å². The van der Waals surface area contributed by atoms with E-state index in [1.165, 1.54) is 12.2 Å². The molecule has 0 aliphatic rings. The van der Waals surface area contributed by atoms with E-state index in [9.17, 15) is 9.59 Å². The second kappa shape index (κ2) is 10.8. The quantitative estimate of drug-likeness (QED) is 0.459. The molecule has 1 atom stereocenters. The Hall–Kier alpha value is -4.12. The molecule has 3 rings (SSSR count). The summed E-state index contributed by atoms with van der Waals surface area (Å²) < 4.78 is 5.22. The number of aliphatic carboxylic acids is 1. The largest absolute Gasteiger partial charge is 0.497 e. The molecule has 0 aromatic heterocycles. The average Bonchev–Trinajstić information content (AvgIpc) is 2.82. The molecule has 0 heterocycles. The van der Waals surface area contributed by atoms with Crippen LogP contribution in [0.15, 0.2) is 84.9 Å². The zero-order valence-electron chi connectivity index (χ0n) is 18.0. The molecule has 1 unspecified atom stereocenters. The van der Waals surface area contributed by atoms with Gasteiger partial charge in [0, 0.05) is 23.8 Å². The molecule has 0 radical (unpaired) electrons. The number of hydrogen-bond donors (Lipinski definition) is 2. The van der Waals surface area contributed by atoms with Crippen LogP contribution in [0.1, 0.15) is 35.1 Å². The molecule has 0 aliphatic carbocycles. The maximum atomic E-state index is 12.5. The lowest BCUT2D eigenvalue weighted by atomic mass is 9.91. The van der Waals surface area contributed by atoms with Gasteiger partial charge in [-0.1, -0.05) is 61.5 Å². The minimum Gasteiger partial charge on any atom is -0.497 e. The molecule has 0 spiro atoms. The zero-order valence-corrected chi connectivity index (χ0v) is 18.0. The number of rotatable bonds is 8. The summed E-state index contributed by atoms with van der Waals surface area (Å²) in [5, 5.41) is 11.9. The molecule has 0 fully saturated rings. The number of anilines is 1. The van der Waals surface area contributed by atoms with Crippen molar-refractivity contribution in [2.75, 3.05) is 12.4 Å². The van der Waals surface area contributed by atoms with Gasteiger partial charge in [-0.05, 0) is 52.6 Å². The predicted octanol–water partition coefficient (Wildman–Crippen LogP) is 5.60. The molecular formula is C27H25NO4. The summed E-state index contributed by atoms with van der Waals surface area (Å²) in [7, 11) is 1.63. The van der Waals surface area contributed by atoms with Crippen molar-refractivity contribution in [2.45, 2.75) is 12.8 Å². The molecule has 5 heteroatoms. The second-order valence-electron chi connectivity index (χ2n) is 7.25. The van der Waals surface area contributed by atoms with E-state index in [1.807, 2.05) is 72.8 Å².